The number of halogens is 1. The van der Waals surface area contributed by atoms with Crippen LogP contribution in [-0.2, 0) is 4.79 Å². The molecule has 2 saturated heterocycles. The number of hydrogen-bond donors (Lipinski definition) is 1. The summed E-state index contributed by atoms with van der Waals surface area (Å²) in [6, 6.07) is 3.83. The average molecular weight is 349 g/mol. The van der Waals surface area contributed by atoms with Crippen LogP contribution in [-0.4, -0.2) is 55.1 Å². The Morgan fingerprint density at radius 2 is 2.08 bits per heavy atom. The number of nitrogens with zero attached hydrogens (tertiary/aromatic N) is 3. The lowest BCUT2D eigenvalue weighted by Crippen LogP contribution is -2.56. The monoisotopic (exact) mass is 348 g/mol. The number of carbonyl (C=O) groups is 1. The van der Waals surface area contributed by atoms with Crippen LogP contribution < -0.4 is 10.2 Å². The standard InChI is InChI=1S/C18H25ClN4O/c19-15-4-5-16(21-12-15)22-7-9-23(10-8-22)17(24)18-6-2-1-3-14(18)11-20-13-18/h4-5,12,14,20H,1-3,6-11,13H2/t14-,18+/m0/s1. The molecular formula is C18H25ClN4O. The molecule has 2 aliphatic heterocycles. The van der Waals surface area contributed by atoms with Gasteiger partial charge in [0.05, 0.1) is 10.4 Å². The first-order chi connectivity index (χ1) is 11.7. The van der Waals surface area contributed by atoms with Gasteiger partial charge in [0.15, 0.2) is 0 Å². The van der Waals surface area contributed by atoms with Gasteiger partial charge in [-0.1, -0.05) is 24.4 Å². The van der Waals surface area contributed by atoms with E-state index in [9.17, 15) is 4.79 Å². The van der Waals surface area contributed by atoms with E-state index < -0.39 is 0 Å². The zero-order valence-corrected chi connectivity index (χ0v) is 14.8. The van der Waals surface area contributed by atoms with E-state index in [1.165, 1.54) is 19.3 Å². The molecule has 5 nitrogen and oxygen atoms in total. The third-order valence-corrected chi connectivity index (χ3v) is 6.29. The van der Waals surface area contributed by atoms with Crippen LogP contribution in [0.3, 0.4) is 0 Å². The van der Waals surface area contributed by atoms with E-state index in [2.05, 4.69) is 20.1 Å². The fourth-order valence-electron chi connectivity index (χ4n) is 4.68. The zero-order chi connectivity index (χ0) is 16.6. The molecule has 0 unspecified atom stereocenters. The fourth-order valence-corrected chi connectivity index (χ4v) is 4.79. The number of piperazine rings is 1. The van der Waals surface area contributed by atoms with Gasteiger partial charge in [-0.25, -0.2) is 4.98 Å². The van der Waals surface area contributed by atoms with Gasteiger partial charge in [-0.3, -0.25) is 4.79 Å². The molecule has 130 valence electrons. The van der Waals surface area contributed by atoms with Crippen molar-refractivity contribution in [3.8, 4) is 0 Å². The third kappa shape index (κ3) is 2.78. The van der Waals surface area contributed by atoms with Crippen LogP contribution in [0, 0.1) is 11.3 Å². The second-order valence-corrected chi connectivity index (χ2v) is 7.78. The van der Waals surface area contributed by atoms with Gasteiger partial charge in [0.1, 0.15) is 5.82 Å². The highest BCUT2D eigenvalue weighted by Gasteiger charge is 2.51. The van der Waals surface area contributed by atoms with Crippen LogP contribution in [0.25, 0.3) is 0 Å². The van der Waals surface area contributed by atoms with Gasteiger partial charge in [-0.2, -0.15) is 0 Å². The van der Waals surface area contributed by atoms with Crippen molar-refractivity contribution in [2.24, 2.45) is 11.3 Å². The highest BCUT2D eigenvalue weighted by molar-refractivity contribution is 6.30. The van der Waals surface area contributed by atoms with Gasteiger partial charge in [0, 0.05) is 38.9 Å². The predicted molar refractivity (Wildman–Crippen MR) is 95.3 cm³/mol. The quantitative estimate of drug-likeness (QED) is 0.889. The molecule has 0 bridgehead atoms. The minimum atomic E-state index is -0.126. The molecule has 0 spiro atoms. The highest BCUT2D eigenvalue weighted by Crippen LogP contribution is 2.45. The maximum absolute atomic E-state index is 13.3. The Morgan fingerprint density at radius 3 is 2.83 bits per heavy atom. The molecule has 3 aliphatic rings. The van der Waals surface area contributed by atoms with Crippen molar-refractivity contribution >= 4 is 23.3 Å². The van der Waals surface area contributed by atoms with Gasteiger partial charge < -0.3 is 15.1 Å². The van der Waals surface area contributed by atoms with Crippen LogP contribution in [0.2, 0.25) is 5.02 Å². The highest BCUT2D eigenvalue weighted by atomic mass is 35.5. The second kappa shape index (κ2) is 6.52. The van der Waals surface area contributed by atoms with Crippen LogP contribution in [0.4, 0.5) is 5.82 Å². The molecule has 3 heterocycles. The van der Waals surface area contributed by atoms with Crippen molar-refractivity contribution in [1.82, 2.24) is 15.2 Å². The number of pyridine rings is 1. The molecule has 6 heteroatoms. The number of aromatic nitrogens is 1. The Balaban J connectivity index is 1.42. The number of amides is 1. The van der Waals surface area contributed by atoms with Gasteiger partial charge in [0.25, 0.3) is 0 Å². The van der Waals surface area contributed by atoms with Crippen LogP contribution >= 0.6 is 11.6 Å². The third-order valence-electron chi connectivity index (χ3n) is 6.07. The molecule has 0 radical (unpaired) electrons. The van der Waals surface area contributed by atoms with Gasteiger partial charge in [-0.15, -0.1) is 0 Å². The van der Waals surface area contributed by atoms with Gasteiger partial charge in [0.2, 0.25) is 5.91 Å². The predicted octanol–water partition coefficient (Wildman–Crippen LogP) is 2.16. The molecule has 2 atom stereocenters. The minimum Gasteiger partial charge on any atom is -0.353 e. The Bertz CT molecular complexity index is 600. The molecule has 24 heavy (non-hydrogen) atoms. The number of rotatable bonds is 2. The molecule has 4 rings (SSSR count). The van der Waals surface area contributed by atoms with Crippen molar-refractivity contribution in [1.29, 1.82) is 0 Å². The summed E-state index contributed by atoms with van der Waals surface area (Å²) in [5, 5.41) is 4.14. The topological polar surface area (TPSA) is 48.5 Å². The normalized spacial score (nSPS) is 30.3. The van der Waals surface area contributed by atoms with E-state index in [1.807, 2.05) is 12.1 Å². The summed E-state index contributed by atoms with van der Waals surface area (Å²) < 4.78 is 0. The average Bonchev–Trinajstić information content (AvgIpc) is 3.07. The van der Waals surface area contributed by atoms with Crippen molar-refractivity contribution < 1.29 is 4.79 Å². The molecule has 1 N–H and O–H groups in total. The second-order valence-electron chi connectivity index (χ2n) is 7.34. The first-order valence-electron chi connectivity index (χ1n) is 9.06. The van der Waals surface area contributed by atoms with E-state index in [0.717, 1.165) is 51.5 Å². The van der Waals surface area contributed by atoms with Crippen molar-refractivity contribution in [2.45, 2.75) is 25.7 Å². The van der Waals surface area contributed by atoms with Gasteiger partial charge in [-0.05, 0) is 37.4 Å². The summed E-state index contributed by atoms with van der Waals surface area (Å²) in [5.41, 5.74) is -0.126. The summed E-state index contributed by atoms with van der Waals surface area (Å²) in [7, 11) is 0. The first-order valence-corrected chi connectivity index (χ1v) is 9.43. The van der Waals surface area contributed by atoms with E-state index in [0.29, 0.717) is 16.8 Å². The molecular weight excluding hydrogens is 324 g/mol. The molecule has 1 saturated carbocycles. The Morgan fingerprint density at radius 1 is 1.25 bits per heavy atom. The zero-order valence-electron chi connectivity index (χ0n) is 14.0. The Hall–Kier alpha value is -1.33. The number of hydrogen-bond acceptors (Lipinski definition) is 4. The van der Waals surface area contributed by atoms with E-state index in [-0.39, 0.29) is 5.41 Å². The summed E-state index contributed by atoms with van der Waals surface area (Å²) in [4.78, 5) is 22.0. The molecule has 1 aromatic heterocycles. The van der Waals surface area contributed by atoms with Crippen molar-refractivity contribution in [3.63, 3.8) is 0 Å². The summed E-state index contributed by atoms with van der Waals surface area (Å²) in [6.45, 7) is 5.15. The van der Waals surface area contributed by atoms with E-state index >= 15 is 0 Å². The minimum absolute atomic E-state index is 0.126. The number of fused-ring (bicyclic) bond motifs is 1. The van der Waals surface area contributed by atoms with Crippen molar-refractivity contribution in [2.75, 3.05) is 44.2 Å². The lowest BCUT2D eigenvalue weighted by molar-refractivity contribution is -0.145. The molecule has 3 fully saturated rings. The molecule has 1 amide bonds. The summed E-state index contributed by atoms with van der Waals surface area (Å²) in [6.07, 6.45) is 6.41. The van der Waals surface area contributed by atoms with Crippen molar-refractivity contribution in [3.05, 3.63) is 23.4 Å². The number of nitrogens with one attached hydrogen (secondary N) is 1. The lowest BCUT2D eigenvalue weighted by atomic mass is 9.67. The van der Waals surface area contributed by atoms with E-state index in [1.54, 1.807) is 6.20 Å². The summed E-state index contributed by atoms with van der Waals surface area (Å²) in [5.74, 6) is 1.87. The smallest absolute Gasteiger partial charge is 0.230 e. The molecule has 1 aliphatic carbocycles. The maximum Gasteiger partial charge on any atom is 0.230 e. The fraction of sp³-hybridized carbons (Fsp3) is 0.667. The first kappa shape index (κ1) is 16.2. The molecule has 0 aromatic carbocycles. The van der Waals surface area contributed by atoms with Crippen LogP contribution in [0.5, 0.6) is 0 Å². The Kier molecular flexibility index (Phi) is 4.39. The van der Waals surface area contributed by atoms with Crippen LogP contribution in [0.15, 0.2) is 18.3 Å². The maximum atomic E-state index is 13.3. The largest absolute Gasteiger partial charge is 0.353 e. The number of carbonyl (C=O) groups excluding carboxylic acids is 1. The summed E-state index contributed by atoms with van der Waals surface area (Å²) >= 11 is 5.91. The lowest BCUT2D eigenvalue weighted by Gasteiger charge is -2.43. The SMILES string of the molecule is O=C(N1CCN(c2ccc(Cl)cn2)CC1)[C@@]12CCCC[C@H]1CNC2. The van der Waals surface area contributed by atoms with Gasteiger partial charge >= 0.3 is 0 Å². The Labute approximate surface area is 148 Å². The number of anilines is 1. The van der Waals surface area contributed by atoms with E-state index in [4.69, 9.17) is 11.6 Å². The van der Waals surface area contributed by atoms with Crippen LogP contribution in [0.1, 0.15) is 25.7 Å². The molecule has 1 aromatic rings.